The fourth-order valence-corrected chi connectivity index (χ4v) is 3.72. The lowest BCUT2D eigenvalue weighted by molar-refractivity contribution is -0.137. The highest BCUT2D eigenvalue weighted by molar-refractivity contribution is 5.66. The van der Waals surface area contributed by atoms with E-state index in [9.17, 15) is 4.79 Å². The molecule has 0 amide bonds. The third kappa shape index (κ3) is 25.3. The van der Waals surface area contributed by atoms with Crippen molar-refractivity contribution in [2.75, 3.05) is 19.8 Å². The van der Waals surface area contributed by atoms with E-state index in [1.54, 1.807) is 6.40 Å². The first-order chi connectivity index (χ1) is 16.1. The van der Waals surface area contributed by atoms with Crippen LogP contribution in [0.15, 0.2) is 4.99 Å². The molecule has 0 aliphatic carbocycles. The second-order valence-corrected chi connectivity index (χ2v) is 9.26. The van der Waals surface area contributed by atoms with E-state index in [1.807, 2.05) is 0 Å². The van der Waals surface area contributed by atoms with Crippen LogP contribution in [-0.2, 0) is 14.3 Å². The Balaban J connectivity index is 3.53. The number of nitrogens with one attached hydrogen (secondary N) is 1. The number of aliphatic carboxylic acids is 1. The molecule has 0 aliphatic heterocycles. The molecule has 0 rings (SSSR count). The van der Waals surface area contributed by atoms with E-state index in [-0.39, 0.29) is 18.6 Å². The zero-order valence-corrected chi connectivity index (χ0v) is 22.0. The molecule has 0 aliphatic rings. The fraction of sp³-hybridized carbons (Fsp3) is 0.926. The number of hydrogen-bond donors (Lipinski definition) is 2. The average molecular weight is 471 g/mol. The molecule has 2 unspecified atom stereocenters. The SMILES string of the molecule is CCCCCCCCCCCCN=COC(CC)CCC(C)OCNCCCCCC(=O)O. The molecule has 0 saturated heterocycles. The molecule has 0 aromatic rings. The number of rotatable bonds is 26. The van der Waals surface area contributed by atoms with Gasteiger partial charge in [-0.25, -0.2) is 0 Å². The summed E-state index contributed by atoms with van der Waals surface area (Å²) in [6, 6.07) is 0. The number of nitrogens with zero attached hydrogens (tertiary/aromatic N) is 1. The molecule has 2 atom stereocenters. The molecule has 0 spiro atoms. The van der Waals surface area contributed by atoms with Gasteiger partial charge in [0.1, 0.15) is 0 Å². The summed E-state index contributed by atoms with van der Waals surface area (Å²) in [4.78, 5) is 14.9. The number of carbonyl (C=O) groups is 1. The largest absolute Gasteiger partial charge is 0.481 e. The highest BCUT2D eigenvalue weighted by Gasteiger charge is 2.09. The van der Waals surface area contributed by atoms with Crippen molar-refractivity contribution in [1.82, 2.24) is 5.32 Å². The maximum absolute atomic E-state index is 10.5. The van der Waals surface area contributed by atoms with Gasteiger partial charge in [0.2, 0.25) is 0 Å². The van der Waals surface area contributed by atoms with Crippen LogP contribution in [0.1, 0.15) is 130 Å². The first-order valence-electron chi connectivity index (χ1n) is 13.8. The first kappa shape index (κ1) is 31.9. The van der Waals surface area contributed by atoms with Crippen molar-refractivity contribution in [2.24, 2.45) is 4.99 Å². The number of carboxylic acid groups (broad SMARTS) is 1. The summed E-state index contributed by atoms with van der Waals surface area (Å²) in [5, 5.41) is 11.9. The summed E-state index contributed by atoms with van der Waals surface area (Å²) in [7, 11) is 0. The zero-order valence-electron chi connectivity index (χ0n) is 22.0. The second-order valence-electron chi connectivity index (χ2n) is 9.26. The number of ether oxygens (including phenoxy) is 2. The van der Waals surface area contributed by atoms with Crippen molar-refractivity contribution < 1.29 is 19.4 Å². The quantitative estimate of drug-likeness (QED) is 0.0609. The number of aliphatic imine (C=N–C) groups is 1. The van der Waals surface area contributed by atoms with E-state index in [0.717, 1.165) is 58.0 Å². The Morgan fingerprint density at radius 2 is 1.55 bits per heavy atom. The molecule has 33 heavy (non-hydrogen) atoms. The highest BCUT2D eigenvalue weighted by atomic mass is 16.5. The Labute approximate surface area is 204 Å². The van der Waals surface area contributed by atoms with Crippen LogP contribution in [0.25, 0.3) is 0 Å². The Morgan fingerprint density at radius 1 is 0.909 bits per heavy atom. The van der Waals surface area contributed by atoms with Crippen LogP contribution >= 0.6 is 0 Å². The molecule has 0 heterocycles. The van der Waals surface area contributed by atoms with Gasteiger partial charge < -0.3 is 14.6 Å². The van der Waals surface area contributed by atoms with Gasteiger partial charge in [0.25, 0.3) is 0 Å². The van der Waals surface area contributed by atoms with Crippen LogP contribution in [0.5, 0.6) is 0 Å². The summed E-state index contributed by atoms with van der Waals surface area (Å²) < 4.78 is 11.6. The van der Waals surface area contributed by atoms with Crippen LogP contribution in [0.4, 0.5) is 0 Å². The first-order valence-corrected chi connectivity index (χ1v) is 13.8. The molecule has 196 valence electrons. The van der Waals surface area contributed by atoms with Gasteiger partial charge in [-0.2, -0.15) is 0 Å². The van der Waals surface area contributed by atoms with Gasteiger partial charge >= 0.3 is 5.97 Å². The summed E-state index contributed by atoms with van der Waals surface area (Å²) in [5.41, 5.74) is 0. The lowest BCUT2D eigenvalue weighted by Gasteiger charge is -2.18. The van der Waals surface area contributed by atoms with Crippen molar-refractivity contribution in [3.05, 3.63) is 0 Å². The molecule has 2 N–H and O–H groups in total. The molecule has 0 aromatic heterocycles. The van der Waals surface area contributed by atoms with Gasteiger partial charge in [0.15, 0.2) is 6.40 Å². The number of carboxylic acids is 1. The van der Waals surface area contributed by atoms with Gasteiger partial charge in [0.05, 0.1) is 18.9 Å². The normalized spacial score (nSPS) is 13.4. The van der Waals surface area contributed by atoms with Gasteiger partial charge in [-0.3, -0.25) is 15.1 Å². The van der Waals surface area contributed by atoms with Crippen LogP contribution < -0.4 is 5.32 Å². The van der Waals surface area contributed by atoms with Crippen molar-refractivity contribution in [2.45, 2.75) is 142 Å². The van der Waals surface area contributed by atoms with E-state index in [0.29, 0.717) is 6.73 Å². The van der Waals surface area contributed by atoms with Crippen LogP contribution in [-0.4, -0.2) is 49.5 Å². The van der Waals surface area contributed by atoms with Crippen molar-refractivity contribution >= 4 is 12.4 Å². The minimum absolute atomic E-state index is 0.186. The minimum atomic E-state index is -0.713. The van der Waals surface area contributed by atoms with Gasteiger partial charge in [-0.15, -0.1) is 0 Å². The molecule has 0 fully saturated rings. The highest BCUT2D eigenvalue weighted by Crippen LogP contribution is 2.11. The molecule has 0 bridgehead atoms. The monoisotopic (exact) mass is 470 g/mol. The summed E-state index contributed by atoms with van der Waals surface area (Å²) in [6.07, 6.45) is 21.4. The molecule has 0 radical (unpaired) electrons. The van der Waals surface area contributed by atoms with Gasteiger partial charge in [-0.1, -0.05) is 78.1 Å². The summed E-state index contributed by atoms with van der Waals surface area (Å²) >= 11 is 0. The zero-order chi connectivity index (χ0) is 24.4. The van der Waals surface area contributed by atoms with Crippen molar-refractivity contribution in [1.29, 1.82) is 0 Å². The van der Waals surface area contributed by atoms with E-state index in [1.165, 1.54) is 57.8 Å². The topological polar surface area (TPSA) is 80.2 Å². The molecule has 0 saturated carbocycles. The maximum Gasteiger partial charge on any atom is 0.303 e. The fourth-order valence-electron chi connectivity index (χ4n) is 3.72. The standard InChI is InChI=1S/C27H54N2O4/c1-4-6-7-8-9-10-11-12-13-16-21-29-24-33-26(5-2)20-19-25(3)32-23-28-22-17-14-15-18-27(30)31/h24-26,28H,4-23H2,1-3H3,(H,30,31). The average Bonchev–Trinajstić information content (AvgIpc) is 2.80. The summed E-state index contributed by atoms with van der Waals surface area (Å²) in [5.74, 6) is -0.713. The van der Waals surface area contributed by atoms with E-state index in [4.69, 9.17) is 14.6 Å². The molecule has 6 heteroatoms. The molecular formula is C27H54N2O4. The molecule has 0 aromatic carbocycles. The Bertz CT molecular complexity index is 446. The van der Waals surface area contributed by atoms with E-state index < -0.39 is 5.97 Å². The lowest BCUT2D eigenvalue weighted by Crippen LogP contribution is -2.24. The number of hydrogen-bond acceptors (Lipinski definition) is 5. The van der Waals surface area contributed by atoms with Crippen LogP contribution in [0.2, 0.25) is 0 Å². The lowest BCUT2D eigenvalue weighted by atomic mass is 10.1. The third-order valence-corrected chi connectivity index (χ3v) is 6.03. The Morgan fingerprint density at radius 3 is 2.18 bits per heavy atom. The van der Waals surface area contributed by atoms with Gasteiger partial charge in [-0.05, 0) is 52.0 Å². The predicted octanol–water partition coefficient (Wildman–Crippen LogP) is 7.11. The Hall–Kier alpha value is -1.14. The summed E-state index contributed by atoms with van der Waals surface area (Å²) in [6.45, 7) is 8.79. The van der Waals surface area contributed by atoms with Crippen molar-refractivity contribution in [3.8, 4) is 0 Å². The van der Waals surface area contributed by atoms with E-state index >= 15 is 0 Å². The predicted molar refractivity (Wildman–Crippen MR) is 139 cm³/mol. The number of unbranched alkanes of at least 4 members (excludes halogenated alkanes) is 11. The third-order valence-electron chi connectivity index (χ3n) is 6.03. The second kappa shape index (κ2) is 25.5. The Kier molecular flexibility index (Phi) is 24.6. The van der Waals surface area contributed by atoms with Crippen molar-refractivity contribution in [3.63, 3.8) is 0 Å². The van der Waals surface area contributed by atoms with E-state index in [2.05, 4.69) is 31.1 Å². The van der Waals surface area contributed by atoms with Crippen LogP contribution in [0.3, 0.4) is 0 Å². The molecular weight excluding hydrogens is 416 g/mol. The van der Waals surface area contributed by atoms with Gasteiger partial charge in [0, 0.05) is 13.0 Å². The smallest absolute Gasteiger partial charge is 0.303 e. The minimum Gasteiger partial charge on any atom is -0.481 e. The van der Waals surface area contributed by atoms with Crippen LogP contribution in [0, 0.1) is 0 Å². The maximum atomic E-state index is 10.5. The molecule has 6 nitrogen and oxygen atoms in total.